The zero-order valence-corrected chi connectivity index (χ0v) is 13.3. The third kappa shape index (κ3) is 2.36. The molecule has 2 aromatic carbocycles. The first-order valence-electron chi connectivity index (χ1n) is 6.49. The Morgan fingerprint density at radius 1 is 0.947 bits per heavy atom. The number of benzene rings is 2. The van der Waals surface area contributed by atoms with Crippen molar-refractivity contribution in [2.45, 2.75) is 19.6 Å². The van der Waals surface area contributed by atoms with Gasteiger partial charge < -0.3 is 0 Å². The fourth-order valence-electron chi connectivity index (χ4n) is 2.27. The van der Waals surface area contributed by atoms with E-state index in [-0.39, 0.29) is 0 Å². The van der Waals surface area contributed by atoms with Gasteiger partial charge in [-0.2, -0.15) is 0 Å². The van der Waals surface area contributed by atoms with Gasteiger partial charge in [0.05, 0.1) is 23.8 Å². The summed E-state index contributed by atoms with van der Waals surface area (Å²) in [6, 6.07) is 15.4. The molecule has 3 rings (SSSR count). The van der Waals surface area contributed by atoms with Gasteiger partial charge in [-0.3, -0.25) is 0 Å². The molecule has 0 saturated heterocycles. The third-order valence-electron chi connectivity index (χ3n) is 3.42. The fourth-order valence-corrected chi connectivity index (χ4v) is 4.14. The highest BCUT2D eigenvalue weighted by atomic mass is 32.1. The monoisotopic (exact) mass is 283 g/mol. The standard InChI is InChI=1S/C16H17NSSi/c1-19(2,3)13-9-7-12(8-10-13)14-5-4-6-15-16(14)17-11-18-15/h4-11H,1-3H3. The Morgan fingerprint density at radius 2 is 1.68 bits per heavy atom. The minimum absolute atomic E-state index is 1.12. The molecule has 0 spiro atoms. The van der Waals surface area contributed by atoms with Crippen LogP contribution in [-0.4, -0.2) is 13.1 Å². The van der Waals surface area contributed by atoms with Crippen molar-refractivity contribution in [1.29, 1.82) is 0 Å². The molecule has 3 aromatic rings. The molecule has 0 aliphatic heterocycles. The number of thiazole rings is 1. The third-order valence-corrected chi connectivity index (χ3v) is 6.28. The van der Waals surface area contributed by atoms with Crippen molar-refractivity contribution in [2.75, 3.05) is 0 Å². The lowest BCUT2D eigenvalue weighted by Crippen LogP contribution is -2.37. The highest BCUT2D eigenvalue weighted by molar-refractivity contribution is 7.16. The Balaban J connectivity index is 2.10. The highest BCUT2D eigenvalue weighted by Crippen LogP contribution is 2.29. The molecule has 96 valence electrons. The lowest BCUT2D eigenvalue weighted by molar-refractivity contribution is 1.49. The maximum Gasteiger partial charge on any atom is 0.0890 e. The number of fused-ring (bicyclic) bond motifs is 1. The number of rotatable bonds is 2. The Kier molecular flexibility index (Phi) is 3.03. The van der Waals surface area contributed by atoms with Gasteiger partial charge in [0, 0.05) is 5.56 Å². The fraction of sp³-hybridized carbons (Fsp3) is 0.188. The summed E-state index contributed by atoms with van der Waals surface area (Å²) in [6.07, 6.45) is 0. The van der Waals surface area contributed by atoms with Gasteiger partial charge in [-0.05, 0) is 11.6 Å². The van der Waals surface area contributed by atoms with Crippen LogP contribution in [0.4, 0.5) is 0 Å². The topological polar surface area (TPSA) is 12.9 Å². The summed E-state index contributed by atoms with van der Waals surface area (Å²) < 4.78 is 1.26. The average Bonchev–Trinajstić information content (AvgIpc) is 2.86. The second kappa shape index (κ2) is 4.58. The normalized spacial score (nSPS) is 11.9. The molecule has 0 saturated carbocycles. The van der Waals surface area contributed by atoms with E-state index in [2.05, 4.69) is 67.1 Å². The van der Waals surface area contributed by atoms with E-state index < -0.39 is 8.07 Å². The number of nitrogens with zero attached hydrogens (tertiary/aromatic N) is 1. The van der Waals surface area contributed by atoms with Crippen LogP contribution in [-0.2, 0) is 0 Å². The molecule has 0 aliphatic rings. The number of hydrogen-bond donors (Lipinski definition) is 0. The molecular formula is C16H17NSSi. The van der Waals surface area contributed by atoms with Crippen LogP contribution in [0, 0.1) is 0 Å². The molecular weight excluding hydrogens is 266 g/mol. The van der Waals surface area contributed by atoms with Gasteiger partial charge in [-0.15, -0.1) is 11.3 Å². The summed E-state index contributed by atoms with van der Waals surface area (Å²) in [5.41, 5.74) is 5.54. The number of aromatic nitrogens is 1. The van der Waals surface area contributed by atoms with Gasteiger partial charge in [-0.25, -0.2) is 4.98 Å². The Hall–Kier alpha value is -1.45. The van der Waals surface area contributed by atoms with Crippen LogP contribution in [0.3, 0.4) is 0 Å². The van der Waals surface area contributed by atoms with Crippen LogP contribution in [0.15, 0.2) is 48.0 Å². The number of para-hydroxylation sites is 1. The van der Waals surface area contributed by atoms with Crippen molar-refractivity contribution >= 4 is 34.8 Å². The SMILES string of the molecule is C[Si](C)(C)c1ccc(-c2cccc3scnc23)cc1. The first kappa shape index (κ1) is 12.6. The Bertz CT molecular complexity index is 707. The molecule has 1 nitrogen and oxygen atoms in total. The maximum absolute atomic E-state index is 4.49. The van der Waals surface area contributed by atoms with Gasteiger partial charge in [0.2, 0.25) is 0 Å². The molecule has 19 heavy (non-hydrogen) atoms. The summed E-state index contributed by atoms with van der Waals surface area (Å²) in [5.74, 6) is 0. The maximum atomic E-state index is 4.49. The van der Waals surface area contributed by atoms with E-state index in [0.29, 0.717) is 0 Å². The minimum atomic E-state index is -1.21. The minimum Gasteiger partial charge on any atom is -0.244 e. The lowest BCUT2D eigenvalue weighted by Gasteiger charge is -2.16. The summed E-state index contributed by atoms with van der Waals surface area (Å²) in [4.78, 5) is 4.49. The van der Waals surface area contributed by atoms with Crippen molar-refractivity contribution in [1.82, 2.24) is 4.98 Å². The van der Waals surface area contributed by atoms with Crippen molar-refractivity contribution in [3.63, 3.8) is 0 Å². The van der Waals surface area contributed by atoms with Crippen molar-refractivity contribution in [2.24, 2.45) is 0 Å². The van der Waals surface area contributed by atoms with Gasteiger partial charge in [0.15, 0.2) is 0 Å². The van der Waals surface area contributed by atoms with Gasteiger partial charge in [0.1, 0.15) is 0 Å². The van der Waals surface area contributed by atoms with Crippen LogP contribution in [0.5, 0.6) is 0 Å². The quantitative estimate of drug-likeness (QED) is 0.631. The zero-order chi connectivity index (χ0) is 13.5. The average molecular weight is 283 g/mol. The van der Waals surface area contributed by atoms with Gasteiger partial charge >= 0.3 is 0 Å². The summed E-state index contributed by atoms with van der Waals surface area (Å²) in [5, 5.41) is 1.50. The summed E-state index contributed by atoms with van der Waals surface area (Å²) in [7, 11) is -1.21. The molecule has 0 atom stereocenters. The molecule has 0 N–H and O–H groups in total. The predicted molar refractivity (Wildman–Crippen MR) is 88.0 cm³/mol. The van der Waals surface area contributed by atoms with Crippen molar-refractivity contribution in [3.8, 4) is 11.1 Å². The van der Waals surface area contributed by atoms with Crippen LogP contribution < -0.4 is 5.19 Å². The molecule has 0 bridgehead atoms. The first-order chi connectivity index (χ1) is 9.05. The first-order valence-corrected chi connectivity index (χ1v) is 10.9. The largest absolute Gasteiger partial charge is 0.244 e. The molecule has 1 aromatic heterocycles. The predicted octanol–water partition coefficient (Wildman–Crippen LogP) is 4.51. The van der Waals surface area contributed by atoms with E-state index >= 15 is 0 Å². The Labute approximate surface area is 119 Å². The van der Waals surface area contributed by atoms with Gasteiger partial charge in [-0.1, -0.05) is 61.2 Å². The van der Waals surface area contributed by atoms with Crippen LogP contribution in [0.25, 0.3) is 21.3 Å². The van der Waals surface area contributed by atoms with E-state index in [4.69, 9.17) is 0 Å². The smallest absolute Gasteiger partial charge is 0.0890 e. The molecule has 0 fully saturated rings. The molecule has 1 heterocycles. The van der Waals surface area contributed by atoms with E-state index in [9.17, 15) is 0 Å². The van der Waals surface area contributed by atoms with Crippen molar-refractivity contribution in [3.05, 3.63) is 48.0 Å². The Morgan fingerprint density at radius 3 is 2.37 bits per heavy atom. The second-order valence-corrected chi connectivity index (χ2v) is 11.8. The van der Waals surface area contributed by atoms with E-state index in [1.807, 2.05) is 5.51 Å². The van der Waals surface area contributed by atoms with Crippen molar-refractivity contribution < 1.29 is 0 Å². The zero-order valence-electron chi connectivity index (χ0n) is 11.5. The highest BCUT2D eigenvalue weighted by Gasteiger charge is 2.16. The van der Waals surface area contributed by atoms with E-state index in [1.165, 1.54) is 21.0 Å². The summed E-state index contributed by atoms with van der Waals surface area (Å²) in [6.45, 7) is 7.13. The molecule has 0 aliphatic carbocycles. The lowest BCUT2D eigenvalue weighted by atomic mass is 10.0. The second-order valence-electron chi connectivity index (χ2n) is 5.83. The van der Waals surface area contributed by atoms with E-state index in [0.717, 1.165) is 5.52 Å². The number of hydrogen-bond acceptors (Lipinski definition) is 2. The molecule has 0 radical (unpaired) electrons. The molecule has 0 unspecified atom stereocenters. The van der Waals surface area contributed by atoms with E-state index in [1.54, 1.807) is 11.3 Å². The molecule has 3 heteroatoms. The molecule has 0 amide bonds. The van der Waals surface area contributed by atoms with Gasteiger partial charge in [0.25, 0.3) is 0 Å². The van der Waals surface area contributed by atoms with Crippen LogP contribution >= 0.6 is 11.3 Å². The summed E-state index contributed by atoms with van der Waals surface area (Å²) >= 11 is 1.70. The van der Waals surface area contributed by atoms with Crippen LogP contribution in [0.2, 0.25) is 19.6 Å². The van der Waals surface area contributed by atoms with Crippen LogP contribution in [0.1, 0.15) is 0 Å².